The normalized spacial score (nSPS) is 17.1. The topological polar surface area (TPSA) is 99.8 Å². The van der Waals surface area contributed by atoms with E-state index in [0.29, 0.717) is 6.42 Å². The van der Waals surface area contributed by atoms with Gasteiger partial charge in [0.25, 0.3) is 11.5 Å². The molecule has 1 aromatic rings. The largest absolute Gasteiger partial charge is 0.479 e. The SMILES string of the molecule is CCc1c(C)cc(C(=O)N2CCC(O)(C(=O)O)CC2)c(=O)n1C. The average Bonchev–Trinajstić information content (AvgIpc) is 2.51. The number of nitrogens with zero attached hydrogens (tertiary/aromatic N) is 2. The van der Waals surface area contributed by atoms with E-state index in [4.69, 9.17) is 5.11 Å². The number of carboxylic acids is 1. The number of aliphatic carboxylic acids is 1. The van der Waals surface area contributed by atoms with Crippen LogP contribution in [0, 0.1) is 6.92 Å². The van der Waals surface area contributed by atoms with Gasteiger partial charge >= 0.3 is 5.97 Å². The number of hydrogen-bond acceptors (Lipinski definition) is 4. The molecule has 7 nitrogen and oxygen atoms in total. The van der Waals surface area contributed by atoms with Crippen LogP contribution in [-0.2, 0) is 18.3 Å². The molecule has 1 aliphatic rings. The van der Waals surface area contributed by atoms with E-state index in [0.717, 1.165) is 11.3 Å². The van der Waals surface area contributed by atoms with Gasteiger partial charge in [-0.1, -0.05) is 6.92 Å². The van der Waals surface area contributed by atoms with Crippen LogP contribution < -0.4 is 5.56 Å². The minimum Gasteiger partial charge on any atom is -0.479 e. The van der Waals surface area contributed by atoms with Crippen LogP contribution in [0.3, 0.4) is 0 Å². The summed E-state index contributed by atoms with van der Waals surface area (Å²) in [5.74, 6) is -1.69. The minimum atomic E-state index is -1.79. The van der Waals surface area contributed by atoms with Crippen LogP contribution in [0.2, 0.25) is 0 Å². The van der Waals surface area contributed by atoms with Crippen molar-refractivity contribution in [2.45, 2.75) is 38.7 Å². The third-order valence-corrected chi connectivity index (χ3v) is 4.60. The van der Waals surface area contributed by atoms with Gasteiger partial charge < -0.3 is 19.7 Å². The highest BCUT2D eigenvalue weighted by molar-refractivity contribution is 5.94. The Morgan fingerprint density at radius 2 is 1.87 bits per heavy atom. The molecule has 1 amide bonds. The summed E-state index contributed by atoms with van der Waals surface area (Å²) in [7, 11) is 1.64. The van der Waals surface area contributed by atoms with Gasteiger partial charge in [-0.15, -0.1) is 0 Å². The summed E-state index contributed by atoms with van der Waals surface area (Å²) >= 11 is 0. The number of pyridine rings is 1. The maximum Gasteiger partial charge on any atom is 0.335 e. The molecule has 0 radical (unpaired) electrons. The number of carbonyl (C=O) groups is 2. The Hall–Kier alpha value is -2.15. The molecule has 1 aliphatic heterocycles. The van der Waals surface area contributed by atoms with Crippen LogP contribution in [0.4, 0.5) is 0 Å². The van der Waals surface area contributed by atoms with E-state index in [9.17, 15) is 19.5 Å². The first-order chi connectivity index (χ1) is 10.7. The zero-order chi connectivity index (χ0) is 17.4. The van der Waals surface area contributed by atoms with Crippen molar-refractivity contribution < 1.29 is 19.8 Å². The van der Waals surface area contributed by atoms with E-state index in [1.165, 1.54) is 9.47 Å². The van der Waals surface area contributed by atoms with Crippen molar-refractivity contribution in [3.8, 4) is 0 Å². The second-order valence-electron chi connectivity index (χ2n) is 6.03. The van der Waals surface area contributed by atoms with E-state index >= 15 is 0 Å². The fourth-order valence-electron chi connectivity index (χ4n) is 3.06. The van der Waals surface area contributed by atoms with E-state index in [1.807, 2.05) is 13.8 Å². The lowest BCUT2D eigenvalue weighted by atomic mass is 9.91. The fraction of sp³-hybridized carbons (Fsp3) is 0.562. The lowest BCUT2D eigenvalue weighted by Gasteiger charge is -2.35. The molecule has 0 bridgehead atoms. The molecule has 2 heterocycles. The summed E-state index contributed by atoms with van der Waals surface area (Å²) in [4.78, 5) is 37.4. The van der Waals surface area contributed by atoms with Gasteiger partial charge in [0, 0.05) is 38.7 Å². The van der Waals surface area contributed by atoms with Gasteiger partial charge in [-0.2, -0.15) is 0 Å². The summed E-state index contributed by atoms with van der Waals surface area (Å²) in [5, 5.41) is 18.9. The second-order valence-corrected chi connectivity index (χ2v) is 6.03. The number of hydrogen-bond donors (Lipinski definition) is 2. The third kappa shape index (κ3) is 3.01. The summed E-state index contributed by atoms with van der Waals surface area (Å²) in [5.41, 5.74) is -0.300. The Labute approximate surface area is 134 Å². The van der Waals surface area contributed by atoms with Crippen LogP contribution in [-0.4, -0.2) is 50.2 Å². The van der Waals surface area contributed by atoms with Gasteiger partial charge in [0.1, 0.15) is 5.56 Å². The van der Waals surface area contributed by atoms with E-state index in [2.05, 4.69) is 0 Å². The standard InChI is InChI=1S/C16H22N2O5/c1-4-12-10(2)9-11(13(19)17(12)3)14(20)18-7-5-16(23,6-8-18)15(21)22/h9,23H,4-8H2,1-3H3,(H,21,22). The Balaban J connectivity index is 2.26. The van der Waals surface area contributed by atoms with Gasteiger partial charge in [-0.3, -0.25) is 9.59 Å². The van der Waals surface area contributed by atoms with Crippen LogP contribution in [0.5, 0.6) is 0 Å². The lowest BCUT2D eigenvalue weighted by molar-refractivity contribution is -0.162. The first kappa shape index (κ1) is 17.2. The number of amides is 1. The molecule has 1 aromatic heterocycles. The molecule has 0 saturated carbocycles. The zero-order valence-corrected chi connectivity index (χ0v) is 13.6. The Kier molecular flexibility index (Phi) is 4.61. The van der Waals surface area contributed by atoms with Crippen LogP contribution in [0.15, 0.2) is 10.9 Å². The molecular formula is C16H22N2O5. The smallest absolute Gasteiger partial charge is 0.335 e. The van der Waals surface area contributed by atoms with Crippen LogP contribution >= 0.6 is 0 Å². The van der Waals surface area contributed by atoms with Crippen molar-refractivity contribution in [2.75, 3.05) is 13.1 Å². The number of carboxylic acid groups (broad SMARTS) is 1. The fourth-order valence-corrected chi connectivity index (χ4v) is 3.06. The van der Waals surface area contributed by atoms with Gasteiger partial charge in [-0.25, -0.2) is 4.79 Å². The molecule has 0 atom stereocenters. The molecule has 0 aromatic carbocycles. The highest BCUT2D eigenvalue weighted by Crippen LogP contribution is 2.23. The van der Waals surface area contributed by atoms with E-state index in [1.54, 1.807) is 13.1 Å². The van der Waals surface area contributed by atoms with Crippen molar-refractivity contribution in [1.82, 2.24) is 9.47 Å². The van der Waals surface area contributed by atoms with Crippen LogP contribution in [0.1, 0.15) is 41.4 Å². The number of piperidine rings is 1. The molecule has 2 N–H and O–H groups in total. The number of aliphatic hydroxyl groups is 1. The number of aromatic nitrogens is 1. The maximum absolute atomic E-state index is 12.6. The van der Waals surface area contributed by atoms with Crippen molar-refractivity contribution in [1.29, 1.82) is 0 Å². The summed E-state index contributed by atoms with van der Waals surface area (Å²) < 4.78 is 1.49. The second kappa shape index (κ2) is 6.16. The first-order valence-electron chi connectivity index (χ1n) is 7.66. The number of aryl methyl sites for hydroxylation is 1. The number of likely N-dealkylation sites (tertiary alicyclic amines) is 1. The Bertz CT molecular complexity index is 699. The van der Waals surface area contributed by atoms with Crippen molar-refractivity contribution in [2.24, 2.45) is 7.05 Å². The van der Waals surface area contributed by atoms with Crippen LogP contribution in [0.25, 0.3) is 0 Å². The Morgan fingerprint density at radius 1 is 1.30 bits per heavy atom. The van der Waals surface area contributed by atoms with Gasteiger partial charge in [0.15, 0.2) is 5.60 Å². The van der Waals surface area contributed by atoms with Gasteiger partial charge in [0.2, 0.25) is 0 Å². The van der Waals surface area contributed by atoms with Crippen molar-refractivity contribution in [3.05, 3.63) is 33.2 Å². The summed E-state index contributed by atoms with van der Waals surface area (Å²) in [6, 6.07) is 1.60. The molecule has 0 spiro atoms. The minimum absolute atomic E-state index is 0.0413. The highest BCUT2D eigenvalue weighted by atomic mass is 16.4. The van der Waals surface area contributed by atoms with E-state index < -0.39 is 17.5 Å². The molecule has 7 heteroatoms. The first-order valence-corrected chi connectivity index (χ1v) is 7.66. The molecule has 126 valence electrons. The van der Waals surface area contributed by atoms with Gasteiger partial charge in [-0.05, 0) is 25.0 Å². The molecule has 0 aliphatic carbocycles. The molecule has 0 unspecified atom stereocenters. The lowest BCUT2D eigenvalue weighted by Crippen LogP contribution is -2.51. The van der Waals surface area contributed by atoms with Crippen molar-refractivity contribution in [3.63, 3.8) is 0 Å². The summed E-state index contributed by atoms with van der Waals surface area (Å²) in [6.07, 6.45) is 0.613. The molecule has 23 heavy (non-hydrogen) atoms. The summed E-state index contributed by atoms with van der Waals surface area (Å²) in [6.45, 7) is 4.02. The monoisotopic (exact) mass is 322 g/mol. The highest BCUT2D eigenvalue weighted by Gasteiger charge is 2.40. The van der Waals surface area contributed by atoms with Gasteiger partial charge in [0.05, 0.1) is 0 Å². The Morgan fingerprint density at radius 3 is 2.35 bits per heavy atom. The maximum atomic E-state index is 12.6. The molecular weight excluding hydrogens is 300 g/mol. The predicted octanol–water partition coefficient (Wildman–Crippen LogP) is 0.308. The van der Waals surface area contributed by atoms with Crippen molar-refractivity contribution >= 4 is 11.9 Å². The molecule has 2 rings (SSSR count). The van der Waals surface area contributed by atoms with E-state index in [-0.39, 0.29) is 37.1 Å². The number of rotatable bonds is 3. The quantitative estimate of drug-likeness (QED) is 0.834. The predicted molar refractivity (Wildman–Crippen MR) is 83.5 cm³/mol. The molecule has 1 saturated heterocycles. The third-order valence-electron chi connectivity index (χ3n) is 4.60. The zero-order valence-electron chi connectivity index (χ0n) is 13.6. The average molecular weight is 322 g/mol. The number of carbonyl (C=O) groups excluding carboxylic acids is 1. The molecule has 1 fully saturated rings.